The molecular formula is C106H75BN4. The number of benzene rings is 17. The Hall–Kier alpha value is -14.0. The normalized spacial score (nSPS) is 12.2. The summed E-state index contributed by atoms with van der Waals surface area (Å²) in [7, 11) is 0. The lowest BCUT2D eigenvalue weighted by Crippen LogP contribution is -2.62. The molecular weight excluding hydrogens is 1340 g/mol. The van der Waals surface area contributed by atoms with E-state index in [9.17, 15) is 0 Å². The van der Waals surface area contributed by atoms with Crippen LogP contribution >= 0.6 is 0 Å². The van der Waals surface area contributed by atoms with Gasteiger partial charge >= 0.3 is 0 Å². The van der Waals surface area contributed by atoms with E-state index in [2.05, 4.69) is 425 Å². The molecule has 4 nitrogen and oxygen atoms in total. The third-order valence-corrected chi connectivity index (χ3v) is 23.4. The van der Waals surface area contributed by atoms with Gasteiger partial charge in [0.2, 0.25) is 0 Å². The molecule has 0 unspecified atom stereocenters. The quantitative estimate of drug-likeness (QED) is 0.0708. The lowest BCUT2D eigenvalue weighted by atomic mass is 9.33. The molecule has 0 spiro atoms. The Bertz CT molecular complexity index is 6690. The first-order valence-corrected chi connectivity index (χ1v) is 38.9. The van der Waals surface area contributed by atoms with Crippen molar-refractivity contribution in [3.63, 3.8) is 0 Å². The Kier molecular flexibility index (Phi) is 16.3. The number of hydrogen-bond acceptors (Lipinski definition) is 2. The second-order valence-corrected chi connectivity index (χ2v) is 29.6. The van der Waals surface area contributed by atoms with Crippen LogP contribution in [0.25, 0.3) is 144 Å². The van der Waals surface area contributed by atoms with E-state index in [4.69, 9.17) is 0 Å². The minimum Gasteiger partial charge on any atom is -0.342 e. The maximum atomic E-state index is 2.71. The first-order chi connectivity index (χ1) is 55.1. The van der Waals surface area contributed by atoms with Crippen molar-refractivity contribution in [3.05, 3.63) is 412 Å². The van der Waals surface area contributed by atoms with E-state index >= 15 is 0 Å². The molecule has 0 bridgehead atoms. The first kappa shape index (κ1) is 65.3. The van der Waals surface area contributed by atoms with Gasteiger partial charge in [0.15, 0.2) is 0 Å². The summed E-state index contributed by atoms with van der Waals surface area (Å²) < 4.78 is 4.99. The highest BCUT2D eigenvalue weighted by Crippen LogP contribution is 2.51. The maximum absolute atomic E-state index is 2.71. The number of fused-ring (bicyclic) bond motifs is 10. The molecule has 4 heterocycles. The van der Waals surface area contributed by atoms with Crippen molar-refractivity contribution in [3.8, 4) is 100 Å². The Morgan fingerprint density at radius 3 is 1.05 bits per heavy atom. The first-order valence-electron chi connectivity index (χ1n) is 38.9. The monoisotopic (exact) mass is 1410 g/mol. The zero-order valence-electron chi connectivity index (χ0n) is 61.4. The van der Waals surface area contributed by atoms with Crippen LogP contribution in [-0.2, 0) is 6.42 Å². The highest BCUT2D eigenvalue weighted by molar-refractivity contribution is 7.00. The number of anilines is 5. The van der Waals surface area contributed by atoms with E-state index in [1.165, 1.54) is 144 Å². The van der Waals surface area contributed by atoms with Crippen LogP contribution in [0.2, 0.25) is 0 Å². The van der Waals surface area contributed by atoms with Gasteiger partial charge in [0.25, 0.3) is 6.71 Å². The Morgan fingerprint density at radius 1 is 0.225 bits per heavy atom. The zero-order valence-corrected chi connectivity index (χ0v) is 61.4. The van der Waals surface area contributed by atoms with E-state index in [0.29, 0.717) is 0 Å². The molecule has 5 heteroatoms. The molecule has 0 radical (unpaired) electrons. The van der Waals surface area contributed by atoms with Crippen LogP contribution in [0.1, 0.15) is 18.4 Å². The molecule has 0 saturated heterocycles. The predicted molar refractivity (Wildman–Crippen MR) is 471 cm³/mol. The van der Waals surface area contributed by atoms with E-state index < -0.39 is 0 Å². The van der Waals surface area contributed by atoms with E-state index in [0.717, 1.165) is 76.4 Å². The number of nitrogens with zero attached hydrogens (tertiary/aromatic N) is 4. The largest absolute Gasteiger partial charge is 0.342 e. The van der Waals surface area contributed by atoms with Crippen LogP contribution in [0.5, 0.6) is 0 Å². The summed E-state index contributed by atoms with van der Waals surface area (Å²) in [5, 5.41) is 4.96. The summed E-state index contributed by atoms with van der Waals surface area (Å²) in [6.45, 7) is 0.643. The fraction of sp³-hybridized carbons (Fsp3) is 0.0377. The Morgan fingerprint density at radius 2 is 0.559 bits per heavy atom. The summed E-state index contributed by atoms with van der Waals surface area (Å²) in [6.07, 6.45) is 2.77. The van der Waals surface area contributed by atoms with Gasteiger partial charge in [0.05, 0.1) is 27.8 Å². The Balaban J connectivity index is 0.749. The highest BCUT2D eigenvalue weighted by Gasteiger charge is 2.44. The molecule has 0 amide bonds. The van der Waals surface area contributed by atoms with Crippen molar-refractivity contribution >= 4 is 95.1 Å². The summed E-state index contributed by atoms with van der Waals surface area (Å²) in [4.78, 5) is 5.39. The molecule has 0 saturated carbocycles. The van der Waals surface area contributed by atoms with Gasteiger partial charge in [-0.25, -0.2) is 0 Å². The Labute approximate surface area is 648 Å². The van der Waals surface area contributed by atoms with Gasteiger partial charge in [-0.3, -0.25) is 0 Å². The maximum Gasteiger partial charge on any atom is 0.252 e. The lowest BCUT2D eigenvalue weighted by Gasteiger charge is -2.45. The average molecular weight is 1420 g/mol. The number of para-hydroxylation sites is 5. The molecule has 0 fully saturated rings. The highest BCUT2D eigenvalue weighted by atomic mass is 15.2. The van der Waals surface area contributed by atoms with Gasteiger partial charge in [-0.1, -0.05) is 322 Å². The smallest absolute Gasteiger partial charge is 0.252 e. The topological polar surface area (TPSA) is 16.3 Å². The fourth-order valence-electron chi connectivity index (χ4n) is 18.4. The molecule has 17 aromatic carbocycles. The number of hydrogen-bond donors (Lipinski definition) is 0. The molecule has 2 aliphatic rings. The minimum atomic E-state index is -0.141. The van der Waals surface area contributed by atoms with Crippen molar-refractivity contribution in [1.82, 2.24) is 9.13 Å². The number of aromatic nitrogens is 2. The minimum absolute atomic E-state index is 0.141. The van der Waals surface area contributed by atoms with Gasteiger partial charge in [-0.15, -0.1) is 0 Å². The van der Waals surface area contributed by atoms with Crippen LogP contribution in [0.4, 0.5) is 28.4 Å². The second kappa shape index (κ2) is 27.7. The van der Waals surface area contributed by atoms with Crippen molar-refractivity contribution in [2.45, 2.75) is 19.3 Å². The van der Waals surface area contributed by atoms with Crippen molar-refractivity contribution < 1.29 is 0 Å². The molecule has 522 valence electrons. The third-order valence-electron chi connectivity index (χ3n) is 23.4. The fourth-order valence-corrected chi connectivity index (χ4v) is 18.4. The SMILES string of the molecule is c1ccc(-c2cccc(-c3cccc(-c4cccc(-c5ccccc5)c4CCCCN4c5cc(-n6c7ccccc7c7ccccc76)ccc5B5c6ccc(-n7c8ccccc8c8ccccc87)cc6N(c6c(-c7ccccc7)cccc6-c6cccc(-c7cccc(-c8ccccc8)c7)c6)c6cccc4c65)c3)c2)cc1. The predicted octanol–water partition coefficient (Wildman–Crippen LogP) is 26.0. The van der Waals surface area contributed by atoms with Crippen LogP contribution in [0.3, 0.4) is 0 Å². The second-order valence-electron chi connectivity index (χ2n) is 29.6. The molecule has 111 heavy (non-hydrogen) atoms. The standard InChI is InChI=1S/C106H75BN4/c1-5-30-72(31-6-1)76-38-23-40-78(66-76)80-42-25-44-82(68-80)87-52-27-51-86(74-34-9-3-10-35-74)90(87)46-21-22-65-108-101-59-29-60-102-105(101)107(95-63-61-84(70-103(95)108)109-97-55-17-13-47-91(97)92-48-14-18-56-98(92)109)96-64-62-85(110-99-57-19-15-49-93(99)94-50-16-20-58-100(94)110)71-104(96)111(102)106-88(75-36-11-4-12-37-75)53-28-54-89(106)83-45-26-43-81(69-83)79-41-24-39-77(67-79)73-32-7-2-8-33-73/h1-20,23-45,47-64,66-71H,21-22,46,65H2. The molecule has 2 aliphatic heterocycles. The molecule has 21 rings (SSSR count). The van der Waals surface area contributed by atoms with Crippen LogP contribution < -0.4 is 26.2 Å². The van der Waals surface area contributed by atoms with Crippen LogP contribution in [-0.4, -0.2) is 22.4 Å². The number of unbranched alkanes of at least 4 members (excludes halogenated alkanes) is 1. The van der Waals surface area contributed by atoms with Crippen molar-refractivity contribution in [2.75, 3.05) is 16.3 Å². The zero-order chi connectivity index (χ0) is 73.3. The van der Waals surface area contributed by atoms with Gasteiger partial charge in [-0.2, -0.15) is 0 Å². The van der Waals surface area contributed by atoms with Crippen LogP contribution in [0.15, 0.2) is 406 Å². The molecule has 2 aromatic heterocycles. The van der Waals surface area contributed by atoms with E-state index in [1.54, 1.807) is 0 Å². The summed E-state index contributed by atoms with van der Waals surface area (Å²) in [5.74, 6) is 0. The lowest BCUT2D eigenvalue weighted by molar-refractivity contribution is 0.734. The summed E-state index contributed by atoms with van der Waals surface area (Å²) in [5.41, 5.74) is 37.2. The van der Waals surface area contributed by atoms with Crippen molar-refractivity contribution in [2.24, 2.45) is 0 Å². The van der Waals surface area contributed by atoms with Gasteiger partial charge in [0.1, 0.15) is 0 Å². The average Bonchev–Trinajstić information content (AvgIpc) is 0.833. The summed E-state index contributed by atoms with van der Waals surface area (Å²) >= 11 is 0. The molecule has 0 atom stereocenters. The van der Waals surface area contributed by atoms with E-state index in [-0.39, 0.29) is 6.71 Å². The molecule has 0 N–H and O–H groups in total. The van der Waals surface area contributed by atoms with Gasteiger partial charge < -0.3 is 18.9 Å². The molecule has 19 aromatic rings. The van der Waals surface area contributed by atoms with Gasteiger partial charge in [-0.05, 0) is 204 Å². The van der Waals surface area contributed by atoms with E-state index in [1.807, 2.05) is 0 Å². The third kappa shape index (κ3) is 11.4. The van der Waals surface area contributed by atoms with Gasteiger partial charge in [0, 0.05) is 73.3 Å². The van der Waals surface area contributed by atoms with Crippen molar-refractivity contribution in [1.29, 1.82) is 0 Å². The van der Waals surface area contributed by atoms with Crippen LogP contribution in [0, 0.1) is 0 Å². The number of rotatable bonds is 16. The summed E-state index contributed by atoms with van der Waals surface area (Å²) in [6, 6.07) is 152. The molecule has 0 aliphatic carbocycles.